The average Bonchev–Trinajstić information content (AvgIpc) is 3.38. The summed E-state index contributed by atoms with van der Waals surface area (Å²) in [7, 11) is 1.67. The third kappa shape index (κ3) is 3.96. The van der Waals surface area contributed by atoms with Gasteiger partial charge in [-0.25, -0.2) is 4.98 Å². The predicted molar refractivity (Wildman–Crippen MR) is 110 cm³/mol. The zero-order chi connectivity index (χ0) is 20.4. The molecule has 7 heteroatoms. The number of hydrogen-bond acceptors (Lipinski definition) is 6. The second kappa shape index (κ2) is 8.21. The molecule has 7 nitrogen and oxygen atoms in total. The summed E-state index contributed by atoms with van der Waals surface area (Å²) >= 11 is 0. The lowest BCUT2D eigenvalue weighted by molar-refractivity contribution is 0.0939. The first-order chi connectivity index (χ1) is 14.1. The van der Waals surface area contributed by atoms with Gasteiger partial charge in [-0.3, -0.25) is 9.69 Å². The minimum absolute atomic E-state index is 0.0959. The summed E-state index contributed by atoms with van der Waals surface area (Å²) in [6.07, 6.45) is 2.36. The molecule has 2 aromatic heterocycles. The number of aromatic nitrogens is 2. The summed E-state index contributed by atoms with van der Waals surface area (Å²) in [5, 5.41) is 7.77. The van der Waals surface area contributed by atoms with E-state index in [0.29, 0.717) is 28.9 Å². The van der Waals surface area contributed by atoms with Gasteiger partial charge < -0.3 is 14.6 Å². The van der Waals surface area contributed by atoms with Crippen LogP contribution in [0.3, 0.4) is 0 Å². The number of carbonyl (C=O) groups excluding carboxylic acids is 1. The van der Waals surface area contributed by atoms with Gasteiger partial charge in [0, 0.05) is 12.2 Å². The van der Waals surface area contributed by atoms with E-state index in [2.05, 4.69) is 26.4 Å². The van der Waals surface area contributed by atoms with Gasteiger partial charge >= 0.3 is 0 Å². The van der Waals surface area contributed by atoms with Gasteiger partial charge in [-0.05, 0) is 63.5 Å². The Labute approximate surface area is 170 Å². The molecular weight excluding hydrogens is 368 g/mol. The number of amides is 1. The van der Waals surface area contributed by atoms with Crippen molar-refractivity contribution in [1.82, 2.24) is 20.4 Å². The summed E-state index contributed by atoms with van der Waals surface area (Å²) in [6.45, 7) is 6.24. The SMILES string of the molecule is COc1cccc([C@H](CNC(=O)c2cc(C)nc3onc(C)c23)N2CCCC2)c1. The third-order valence-electron chi connectivity index (χ3n) is 5.51. The Morgan fingerprint density at radius 3 is 2.83 bits per heavy atom. The first kappa shape index (κ1) is 19.4. The van der Waals surface area contributed by atoms with Crippen LogP contribution in [0.15, 0.2) is 34.9 Å². The minimum Gasteiger partial charge on any atom is -0.497 e. The number of nitrogens with zero attached hydrogens (tertiary/aromatic N) is 3. The highest BCUT2D eigenvalue weighted by molar-refractivity contribution is 6.06. The van der Waals surface area contributed by atoms with E-state index in [4.69, 9.17) is 9.26 Å². The lowest BCUT2D eigenvalue weighted by atomic mass is 10.0. The number of aryl methyl sites for hydroxylation is 2. The summed E-state index contributed by atoms with van der Waals surface area (Å²) < 4.78 is 10.7. The largest absolute Gasteiger partial charge is 0.497 e. The first-order valence-corrected chi connectivity index (χ1v) is 9.96. The van der Waals surface area contributed by atoms with E-state index in [1.807, 2.05) is 32.0 Å². The number of nitrogens with one attached hydrogen (secondary N) is 1. The molecule has 1 N–H and O–H groups in total. The fourth-order valence-corrected chi connectivity index (χ4v) is 4.04. The standard InChI is InChI=1S/C22H26N4O3/c1-14-11-18(20-15(2)25-29-22(20)24-14)21(27)23-13-19(26-9-4-5-10-26)16-7-6-8-17(12-16)28-3/h6-8,11-12,19H,4-5,9-10,13H2,1-3H3,(H,23,27)/t19-/m0/s1. The van der Waals surface area contributed by atoms with Crippen molar-refractivity contribution in [3.63, 3.8) is 0 Å². The van der Waals surface area contributed by atoms with Crippen LogP contribution in [0.1, 0.15) is 46.2 Å². The van der Waals surface area contributed by atoms with Crippen LogP contribution in [-0.4, -0.2) is 47.7 Å². The Morgan fingerprint density at radius 1 is 1.28 bits per heavy atom. The number of pyridine rings is 1. The van der Waals surface area contributed by atoms with E-state index in [1.54, 1.807) is 13.2 Å². The molecule has 152 valence electrons. The van der Waals surface area contributed by atoms with Crippen LogP contribution in [-0.2, 0) is 0 Å². The van der Waals surface area contributed by atoms with Gasteiger partial charge in [-0.1, -0.05) is 17.3 Å². The molecule has 3 aromatic rings. The predicted octanol–water partition coefficient (Wildman–Crippen LogP) is 3.42. The Hall–Kier alpha value is -2.93. The van der Waals surface area contributed by atoms with Gasteiger partial charge in [0.1, 0.15) is 5.75 Å². The van der Waals surface area contributed by atoms with E-state index in [1.165, 1.54) is 12.8 Å². The number of benzene rings is 1. The summed E-state index contributed by atoms with van der Waals surface area (Å²) in [5.74, 6) is 0.684. The van der Waals surface area contributed by atoms with Crippen molar-refractivity contribution in [2.75, 3.05) is 26.7 Å². The molecule has 0 radical (unpaired) electrons. The quantitative estimate of drug-likeness (QED) is 0.690. The maximum absolute atomic E-state index is 13.1. The molecule has 1 amide bonds. The van der Waals surface area contributed by atoms with Crippen molar-refractivity contribution in [1.29, 1.82) is 0 Å². The number of carbonyl (C=O) groups is 1. The number of ether oxygens (including phenoxy) is 1. The molecule has 1 fully saturated rings. The normalized spacial score (nSPS) is 15.6. The smallest absolute Gasteiger partial charge is 0.258 e. The molecule has 0 saturated carbocycles. The second-order valence-corrected chi connectivity index (χ2v) is 7.50. The number of methoxy groups -OCH3 is 1. The monoisotopic (exact) mass is 394 g/mol. The van der Waals surface area contributed by atoms with Crippen molar-refractivity contribution in [2.45, 2.75) is 32.7 Å². The maximum Gasteiger partial charge on any atom is 0.258 e. The Balaban J connectivity index is 1.59. The van der Waals surface area contributed by atoms with Crippen molar-refractivity contribution in [2.24, 2.45) is 0 Å². The zero-order valence-electron chi connectivity index (χ0n) is 17.1. The topological polar surface area (TPSA) is 80.5 Å². The van der Waals surface area contributed by atoms with Gasteiger partial charge in [0.25, 0.3) is 11.6 Å². The van der Waals surface area contributed by atoms with Crippen molar-refractivity contribution in [3.05, 3.63) is 52.8 Å². The summed E-state index contributed by atoms with van der Waals surface area (Å²) in [4.78, 5) is 19.8. The van der Waals surface area contributed by atoms with Crippen molar-refractivity contribution in [3.8, 4) is 5.75 Å². The van der Waals surface area contributed by atoms with Crippen LogP contribution in [0.5, 0.6) is 5.75 Å². The number of fused-ring (bicyclic) bond motifs is 1. The highest BCUT2D eigenvalue weighted by Crippen LogP contribution is 2.28. The molecule has 0 bridgehead atoms. The fraction of sp³-hybridized carbons (Fsp3) is 0.409. The van der Waals surface area contributed by atoms with Crippen LogP contribution in [0, 0.1) is 13.8 Å². The molecule has 3 heterocycles. The average molecular weight is 394 g/mol. The Bertz CT molecular complexity index is 1020. The van der Waals surface area contributed by atoms with Crippen molar-refractivity contribution >= 4 is 17.0 Å². The molecule has 4 rings (SSSR count). The van der Waals surface area contributed by atoms with Crippen LogP contribution in [0.25, 0.3) is 11.1 Å². The lowest BCUT2D eigenvalue weighted by Gasteiger charge is -2.28. The van der Waals surface area contributed by atoms with Gasteiger partial charge in [0.2, 0.25) is 0 Å². The minimum atomic E-state index is -0.140. The number of rotatable bonds is 6. The molecule has 1 atom stereocenters. The van der Waals surface area contributed by atoms with Crippen LogP contribution in [0.4, 0.5) is 0 Å². The van der Waals surface area contributed by atoms with E-state index >= 15 is 0 Å². The zero-order valence-corrected chi connectivity index (χ0v) is 17.1. The van der Waals surface area contributed by atoms with Crippen LogP contribution >= 0.6 is 0 Å². The van der Waals surface area contributed by atoms with E-state index in [0.717, 1.165) is 30.1 Å². The van der Waals surface area contributed by atoms with Crippen LogP contribution < -0.4 is 10.1 Å². The van der Waals surface area contributed by atoms with Crippen molar-refractivity contribution < 1.29 is 14.1 Å². The molecule has 0 unspecified atom stereocenters. The molecular formula is C22H26N4O3. The number of likely N-dealkylation sites (tertiary alicyclic amines) is 1. The van der Waals surface area contributed by atoms with Gasteiger partial charge in [-0.15, -0.1) is 0 Å². The Morgan fingerprint density at radius 2 is 2.07 bits per heavy atom. The summed E-state index contributed by atoms with van der Waals surface area (Å²) in [6, 6.07) is 9.96. The highest BCUT2D eigenvalue weighted by atomic mass is 16.5. The molecule has 1 aromatic carbocycles. The van der Waals surface area contributed by atoms with E-state index in [9.17, 15) is 4.79 Å². The second-order valence-electron chi connectivity index (χ2n) is 7.50. The molecule has 0 spiro atoms. The third-order valence-corrected chi connectivity index (χ3v) is 5.51. The van der Waals surface area contributed by atoms with Crippen LogP contribution in [0.2, 0.25) is 0 Å². The molecule has 1 aliphatic heterocycles. The van der Waals surface area contributed by atoms with Gasteiger partial charge in [0.15, 0.2) is 0 Å². The van der Waals surface area contributed by atoms with Gasteiger partial charge in [-0.2, -0.15) is 0 Å². The van der Waals surface area contributed by atoms with Gasteiger partial charge in [0.05, 0.1) is 29.8 Å². The molecule has 29 heavy (non-hydrogen) atoms. The van der Waals surface area contributed by atoms with E-state index in [-0.39, 0.29) is 11.9 Å². The Kier molecular flexibility index (Phi) is 5.49. The lowest BCUT2D eigenvalue weighted by Crippen LogP contribution is -2.37. The summed E-state index contributed by atoms with van der Waals surface area (Å²) in [5.41, 5.74) is 3.49. The molecule has 1 saturated heterocycles. The molecule has 1 aliphatic rings. The van der Waals surface area contributed by atoms with E-state index < -0.39 is 0 Å². The maximum atomic E-state index is 13.1. The molecule has 0 aliphatic carbocycles. The fourth-order valence-electron chi connectivity index (χ4n) is 4.04. The number of hydrogen-bond donors (Lipinski definition) is 1. The highest BCUT2D eigenvalue weighted by Gasteiger charge is 2.25. The first-order valence-electron chi connectivity index (χ1n) is 9.96.